The number of anilines is 1. The minimum absolute atomic E-state index is 0.0991. The van der Waals surface area contributed by atoms with E-state index in [-0.39, 0.29) is 41.8 Å². The largest absolute Gasteiger partial charge is 0.477 e. The summed E-state index contributed by atoms with van der Waals surface area (Å²) in [5.41, 5.74) is 0.708. The van der Waals surface area contributed by atoms with Crippen LogP contribution in [0.4, 0.5) is 17.1 Å². The number of ether oxygens (including phenoxy) is 10. The van der Waals surface area contributed by atoms with Gasteiger partial charge in [0, 0.05) is 35.6 Å². The van der Waals surface area contributed by atoms with Gasteiger partial charge in [0.1, 0.15) is 22.9 Å². The molecule has 0 spiro atoms. The number of H-pyrrole nitrogens is 1. The van der Waals surface area contributed by atoms with Crippen molar-refractivity contribution in [2.45, 2.75) is 0 Å². The van der Waals surface area contributed by atoms with Crippen LogP contribution in [0.5, 0.6) is 11.5 Å². The normalized spacial score (nSPS) is 11.2. The minimum atomic E-state index is -1.04. The number of fused-ring (bicyclic) bond motifs is 1. The summed E-state index contributed by atoms with van der Waals surface area (Å²) in [7, 11) is 0. The molecule has 4 rings (SSSR count). The number of carbonyl (C=O) groups is 2. The van der Waals surface area contributed by atoms with Crippen molar-refractivity contribution in [2.24, 2.45) is 0 Å². The lowest BCUT2D eigenvalue weighted by molar-refractivity contribution is -0.393. The van der Waals surface area contributed by atoms with E-state index in [0.29, 0.717) is 147 Å². The molecule has 22 heteroatoms. The van der Waals surface area contributed by atoms with Gasteiger partial charge in [-0.3, -0.25) is 25.0 Å². The molecule has 3 aromatic carbocycles. The molecule has 1 heterocycles. The maximum absolute atomic E-state index is 12.5. The quantitative estimate of drug-likeness (QED) is 0.0276. The third-order valence-electron chi connectivity index (χ3n) is 8.63. The van der Waals surface area contributed by atoms with Crippen LogP contribution in [0.2, 0.25) is 0 Å². The predicted octanol–water partition coefficient (Wildman–Crippen LogP) is 4.47. The number of rotatable bonds is 37. The average Bonchev–Trinajstić information content (AvgIpc) is 3.72. The Hall–Kier alpha value is -5.82. The average molecular weight is 902 g/mol. The number of benzene rings is 3. The highest BCUT2D eigenvalue weighted by Gasteiger charge is 2.19. The van der Waals surface area contributed by atoms with Crippen LogP contribution in [-0.4, -0.2) is 164 Å². The molecule has 1 amide bonds. The number of nitro groups is 2. The molecular formula is C42H55N5O17. The van der Waals surface area contributed by atoms with Crippen molar-refractivity contribution >= 4 is 39.8 Å². The van der Waals surface area contributed by atoms with Crippen LogP contribution in [0.15, 0.2) is 66.7 Å². The Kier molecular flexibility index (Phi) is 24.1. The number of carbonyl (C=O) groups excluding carboxylic acids is 1. The first-order chi connectivity index (χ1) is 31.2. The van der Waals surface area contributed by atoms with Gasteiger partial charge in [-0.15, -0.1) is 0 Å². The second-order valence-electron chi connectivity index (χ2n) is 13.3. The fraction of sp³-hybridized carbons (Fsp3) is 0.476. The highest BCUT2D eigenvalue weighted by atomic mass is 16.6. The third-order valence-corrected chi connectivity index (χ3v) is 8.63. The second kappa shape index (κ2) is 30.3. The number of non-ortho nitro benzene ring substituents is 1. The van der Waals surface area contributed by atoms with Gasteiger partial charge in [-0.2, -0.15) is 0 Å². The second-order valence-corrected chi connectivity index (χ2v) is 13.3. The number of carboxylic acids is 1. The molecule has 64 heavy (non-hydrogen) atoms. The van der Waals surface area contributed by atoms with Gasteiger partial charge in [0.05, 0.1) is 135 Å². The SMILES string of the molecule is O=C(NCCOCCOCCOCCOCCOCCOCCOCCOCCOCCNc1ccc([N+](=O)[O-])cc1[N+](=O)[O-])c1ccc(Oc2ccc3[nH]c(C(=O)O)cc3c2)cc1. The minimum Gasteiger partial charge on any atom is -0.477 e. The smallest absolute Gasteiger partial charge is 0.352 e. The van der Waals surface area contributed by atoms with E-state index in [2.05, 4.69) is 15.6 Å². The molecule has 4 N–H and O–H groups in total. The van der Waals surface area contributed by atoms with Crippen LogP contribution in [0.1, 0.15) is 20.8 Å². The Morgan fingerprint density at radius 1 is 0.547 bits per heavy atom. The fourth-order valence-electron chi connectivity index (χ4n) is 5.49. The van der Waals surface area contributed by atoms with Gasteiger partial charge in [0.25, 0.3) is 17.3 Å². The number of aromatic amines is 1. The van der Waals surface area contributed by atoms with Crippen molar-refractivity contribution < 1.29 is 71.9 Å². The number of nitrogens with one attached hydrogen (secondary N) is 3. The summed E-state index contributed by atoms with van der Waals surface area (Å²) in [4.78, 5) is 47.1. The predicted molar refractivity (Wildman–Crippen MR) is 230 cm³/mol. The van der Waals surface area contributed by atoms with Crippen molar-refractivity contribution in [1.29, 1.82) is 0 Å². The van der Waals surface area contributed by atoms with Crippen molar-refractivity contribution in [1.82, 2.24) is 10.3 Å². The summed E-state index contributed by atoms with van der Waals surface area (Å²) in [6.45, 7) is 7.70. The monoisotopic (exact) mass is 901 g/mol. The van der Waals surface area contributed by atoms with E-state index in [1.54, 1.807) is 48.5 Å². The van der Waals surface area contributed by atoms with Gasteiger partial charge in [0.2, 0.25) is 0 Å². The van der Waals surface area contributed by atoms with Crippen LogP contribution in [0.25, 0.3) is 10.9 Å². The summed E-state index contributed by atoms with van der Waals surface area (Å²) in [5.74, 6) is -0.203. The molecule has 0 fully saturated rings. The zero-order valence-corrected chi connectivity index (χ0v) is 35.4. The Balaban J connectivity index is 0.822. The van der Waals surface area contributed by atoms with E-state index in [1.807, 2.05) is 0 Å². The number of aromatic nitrogens is 1. The van der Waals surface area contributed by atoms with Crippen LogP contribution < -0.4 is 15.4 Å². The molecule has 1 aromatic heterocycles. The van der Waals surface area contributed by atoms with Crippen LogP contribution in [-0.2, 0) is 42.6 Å². The molecule has 0 aliphatic heterocycles. The van der Waals surface area contributed by atoms with Crippen LogP contribution in [0.3, 0.4) is 0 Å². The molecule has 0 aliphatic rings. The summed E-state index contributed by atoms with van der Waals surface area (Å²) < 4.78 is 55.1. The molecule has 0 saturated heterocycles. The fourth-order valence-corrected chi connectivity index (χ4v) is 5.49. The molecule has 350 valence electrons. The van der Waals surface area contributed by atoms with Gasteiger partial charge in [-0.05, 0) is 54.6 Å². The number of carboxylic acid groups (broad SMARTS) is 1. The van der Waals surface area contributed by atoms with E-state index in [0.717, 1.165) is 6.07 Å². The summed E-state index contributed by atoms with van der Waals surface area (Å²) >= 11 is 0. The van der Waals surface area contributed by atoms with Crippen LogP contribution >= 0.6 is 0 Å². The van der Waals surface area contributed by atoms with E-state index in [4.69, 9.17) is 52.5 Å². The Morgan fingerprint density at radius 3 is 1.48 bits per heavy atom. The first kappa shape index (κ1) is 50.8. The molecule has 22 nitrogen and oxygen atoms in total. The van der Waals surface area contributed by atoms with Crippen molar-refractivity contribution in [3.8, 4) is 11.5 Å². The molecule has 0 aliphatic carbocycles. The molecule has 0 radical (unpaired) electrons. The van der Waals surface area contributed by atoms with Gasteiger partial charge >= 0.3 is 5.97 Å². The lowest BCUT2D eigenvalue weighted by Crippen LogP contribution is -2.27. The molecule has 0 saturated carbocycles. The third kappa shape index (κ3) is 20.1. The van der Waals surface area contributed by atoms with E-state index >= 15 is 0 Å². The van der Waals surface area contributed by atoms with E-state index in [9.17, 15) is 29.8 Å². The number of nitrogens with zero attached hydrogens (tertiary/aromatic N) is 2. The standard InChI is InChI=1S/C42H55N5O17/c48-41(32-1-4-35(5-2-32)64-36-6-8-37-33(29-36)30-39(45-37)42(49)50)44-10-12-56-14-16-58-18-20-60-22-24-62-26-28-63-27-25-61-23-21-59-19-17-57-15-13-55-11-9-43-38-7-3-34(46(51)52)31-40(38)47(53)54/h1-8,29-31,43,45H,9-28H2,(H,44,48)(H,49,50). The van der Waals surface area contributed by atoms with E-state index in [1.165, 1.54) is 12.1 Å². The van der Waals surface area contributed by atoms with Crippen molar-refractivity contribution in [2.75, 3.05) is 137 Å². The lowest BCUT2D eigenvalue weighted by atomic mass is 10.2. The number of hydrogen-bond acceptors (Lipinski definition) is 17. The lowest BCUT2D eigenvalue weighted by Gasteiger charge is -2.09. The van der Waals surface area contributed by atoms with E-state index < -0.39 is 15.8 Å². The summed E-state index contributed by atoms with van der Waals surface area (Å²) in [6, 6.07) is 16.8. The Bertz CT molecular complexity index is 2000. The molecular weight excluding hydrogens is 846 g/mol. The molecule has 0 unspecified atom stereocenters. The zero-order chi connectivity index (χ0) is 45.6. The summed E-state index contributed by atoms with van der Waals surface area (Å²) in [5, 5.41) is 37.5. The topological polar surface area (TPSA) is 273 Å². The van der Waals surface area contributed by atoms with Crippen LogP contribution in [0, 0.1) is 20.2 Å². The number of nitro benzene ring substituents is 2. The first-order valence-electron chi connectivity index (χ1n) is 20.5. The zero-order valence-electron chi connectivity index (χ0n) is 35.4. The molecule has 0 atom stereocenters. The Morgan fingerprint density at radius 2 is 1.02 bits per heavy atom. The van der Waals surface area contributed by atoms with Gasteiger partial charge in [0.15, 0.2) is 0 Å². The number of amides is 1. The van der Waals surface area contributed by atoms with Crippen molar-refractivity contribution in [3.63, 3.8) is 0 Å². The first-order valence-corrected chi connectivity index (χ1v) is 20.5. The number of aromatic carboxylic acids is 1. The molecule has 4 aromatic rings. The van der Waals surface area contributed by atoms with Crippen molar-refractivity contribution in [3.05, 3.63) is 98.2 Å². The Labute approximate surface area is 368 Å². The summed E-state index contributed by atoms with van der Waals surface area (Å²) in [6.07, 6.45) is 0. The van der Waals surface area contributed by atoms with Gasteiger partial charge in [-0.25, -0.2) is 4.79 Å². The molecule has 0 bridgehead atoms. The highest BCUT2D eigenvalue weighted by Crippen LogP contribution is 2.29. The van der Waals surface area contributed by atoms with Gasteiger partial charge in [-0.1, -0.05) is 0 Å². The highest BCUT2D eigenvalue weighted by molar-refractivity contribution is 5.95. The van der Waals surface area contributed by atoms with Gasteiger partial charge < -0.3 is 68.1 Å². The maximum atomic E-state index is 12.5. The number of hydrogen-bond donors (Lipinski definition) is 4. The maximum Gasteiger partial charge on any atom is 0.352 e.